The van der Waals surface area contributed by atoms with Crippen LogP contribution < -0.4 is 29.6 Å². The van der Waals surface area contributed by atoms with E-state index in [1.54, 1.807) is 90.1 Å². The molecule has 9 aromatic rings. The predicted octanol–water partition coefficient (Wildman–Crippen LogP) is 20.8. The van der Waals surface area contributed by atoms with E-state index < -0.39 is 82.8 Å². The van der Waals surface area contributed by atoms with E-state index in [1.165, 1.54) is 24.3 Å². The fraction of sp³-hybridized carbons (Fsp3) is 0.390. The van der Waals surface area contributed by atoms with Crippen LogP contribution in [0.1, 0.15) is 220 Å². The number of rotatable bonds is 18. The molecule has 4 atom stereocenters. The van der Waals surface area contributed by atoms with Crippen molar-refractivity contribution in [3.8, 4) is 46.0 Å². The quantitative estimate of drug-likeness (QED) is 0.0365. The van der Waals surface area contributed by atoms with E-state index in [9.17, 15) is 9.59 Å². The topological polar surface area (TPSA) is 170 Å². The summed E-state index contributed by atoms with van der Waals surface area (Å²) >= 11 is 0. The maximum Gasteiger partial charge on any atom is 0.394 e. The summed E-state index contributed by atoms with van der Waals surface area (Å²) in [6.45, 7) is 33.9. The summed E-state index contributed by atoms with van der Waals surface area (Å²) in [7, 11) is 0. The SMILES string of the molecule is Cc1cc(Oc2cc3c4c(cc(Oc5cc(C)cc(C(C)C)c5)c5c6c(Oc7cc(C)cc(C(C)C)c7)cc7c8c(cc(Oc9cc(C)cc(C(C)C)c9)c(c2c45)c86)C(=O)N(C(C(=O)NC(C)(C)C)C(C)C(F)(F)F)C7=O)C(=O)N(C(C(=O)NC(C)(C)C)C(C)C(F)(F)F)C3=O)cc(C(C)C)c1. The molecule has 0 fully saturated rings. The Hall–Kier alpha value is -9.72. The number of nitrogens with one attached hydrogen (secondary N) is 2. The van der Waals surface area contributed by atoms with Gasteiger partial charge in [-0.3, -0.25) is 38.6 Å². The number of imide groups is 2. The molecule has 9 aromatic carbocycles. The molecule has 4 unspecified atom stereocenters. The highest BCUT2D eigenvalue weighted by Gasteiger charge is 2.55. The molecule has 6 amide bonds. The number of amides is 6. The van der Waals surface area contributed by atoms with Crippen molar-refractivity contribution in [2.45, 2.75) is 198 Å². The number of carbonyl (C=O) groups is 6. The highest BCUT2D eigenvalue weighted by atomic mass is 19.4. The summed E-state index contributed by atoms with van der Waals surface area (Å²) in [6.07, 6.45) is -10.3. The maximum atomic E-state index is 16.3. The van der Waals surface area contributed by atoms with Gasteiger partial charge in [-0.05, 0) is 210 Å². The van der Waals surface area contributed by atoms with Gasteiger partial charge in [-0.1, -0.05) is 93.5 Å². The Morgan fingerprint density at radius 3 is 0.735 bits per heavy atom. The lowest BCUT2D eigenvalue weighted by atomic mass is 9.80. The summed E-state index contributed by atoms with van der Waals surface area (Å²) in [5.74, 6) is -13.4. The third kappa shape index (κ3) is 13.8. The van der Waals surface area contributed by atoms with Crippen LogP contribution in [0.25, 0.3) is 43.1 Å². The summed E-state index contributed by atoms with van der Waals surface area (Å²) < 4.78 is 123. The highest BCUT2D eigenvalue weighted by molar-refractivity contribution is 6.45. The van der Waals surface area contributed by atoms with Crippen LogP contribution in [0.15, 0.2) is 97.1 Å². The Labute approximate surface area is 589 Å². The van der Waals surface area contributed by atoms with Gasteiger partial charge in [0.2, 0.25) is 11.8 Å². The first-order valence-electron chi connectivity index (χ1n) is 34.4. The molecule has 0 aromatic heterocycles. The average Bonchev–Trinajstić information content (AvgIpc) is 0.670. The van der Waals surface area contributed by atoms with E-state index in [0.29, 0.717) is 9.80 Å². The molecule has 0 aliphatic carbocycles. The number of fused-ring (bicyclic) bond motifs is 2. The van der Waals surface area contributed by atoms with Crippen molar-refractivity contribution in [3.63, 3.8) is 0 Å². The van der Waals surface area contributed by atoms with Gasteiger partial charge >= 0.3 is 12.4 Å². The number of ether oxygens (including phenoxy) is 4. The second-order valence-electron chi connectivity index (χ2n) is 31.0. The number of halogens is 6. The molecule has 2 aliphatic rings. The van der Waals surface area contributed by atoms with Crippen LogP contribution in [0.3, 0.4) is 0 Å². The van der Waals surface area contributed by atoms with Gasteiger partial charge in [0.1, 0.15) is 58.1 Å². The molecule has 2 heterocycles. The van der Waals surface area contributed by atoms with E-state index in [-0.39, 0.29) is 135 Å². The Bertz CT molecular complexity index is 4420. The van der Waals surface area contributed by atoms with E-state index >= 15 is 45.5 Å². The molecule has 2 N–H and O–H groups in total. The Balaban J connectivity index is 1.43. The number of hydrogen-bond donors (Lipinski definition) is 2. The molecule has 2 aliphatic heterocycles. The van der Waals surface area contributed by atoms with Crippen molar-refractivity contribution < 1.29 is 74.1 Å². The van der Waals surface area contributed by atoms with Crippen molar-refractivity contribution in [2.24, 2.45) is 11.8 Å². The van der Waals surface area contributed by atoms with E-state index in [4.69, 9.17) is 18.9 Å². The van der Waals surface area contributed by atoms with Crippen LogP contribution in [-0.2, 0) is 9.59 Å². The van der Waals surface area contributed by atoms with Crippen molar-refractivity contribution >= 4 is 78.5 Å². The molecule has 0 saturated heterocycles. The van der Waals surface area contributed by atoms with E-state index in [0.717, 1.165) is 58.4 Å². The van der Waals surface area contributed by atoms with Crippen molar-refractivity contribution in [1.29, 1.82) is 0 Å². The van der Waals surface area contributed by atoms with Crippen LogP contribution >= 0.6 is 0 Å². The van der Waals surface area contributed by atoms with Crippen LogP contribution in [-0.4, -0.2) is 80.8 Å². The lowest BCUT2D eigenvalue weighted by molar-refractivity contribution is -0.185. The average molecular weight is 1400 g/mol. The third-order valence-electron chi connectivity index (χ3n) is 18.9. The Morgan fingerprint density at radius 2 is 0.549 bits per heavy atom. The second-order valence-corrected chi connectivity index (χ2v) is 31.0. The zero-order valence-electron chi connectivity index (χ0n) is 61.1. The fourth-order valence-corrected chi connectivity index (χ4v) is 13.9. The minimum atomic E-state index is -5.17. The standard InChI is InChI=1S/C82H86F6N4O10/c1-37(2)47-21-41(9)25-51(29-47)99-59-33-55-63-56(76(96)91(75(55)95)71(45(13)81(83,84)85)73(93)89-79(15,16)17)35-61(101-53-27-43(11)23-49(31-53)39(5)6)67-68-62(102-54-28-44(12)24-50(32-54)40(7)8)36-58-64-57(77(97)92(78(58)98)72(46(14)82(86,87)88)74(94)90-80(18,19)20)34-60(66(70(64)68)65(59)69(63)67)100-52-26-42(10)22-48(30-52)38(3)4/h21-40,45-46,71-72H,1-20H3,(H,89,93)(H,90,94). The summed E-state index contributed by atoms with van der Waals surface area (Å²) in [5.41, 5.74) is 2.25. The van der Waals surface area contributed by atoms with Crippen LogP contribution in [0.4, 0.5) is 26.3 Å². The molecule has 0 saturated carbocycles. The van der Waals surface area contributed by atoms with Gasteiger partial charge in [0.05, 0.1) is 34.1 Å². The summed E-state index contributed by atoms with van der Waals surface area (Å²) in [5, 5.41) is 5.02. The summed E-state index contributed by atoms with van der Waals surface area (Å²) in [6, 6.07) is 21.9. The summed E-state index contributed by atoms with van der Waals surface area (Å²) in [4.78, 5) is 95.3. The smallest absolute Gasteiger partial charge is 0.394 e. The Kier molecular flexibility index (Phi) is 18.9. The number of carbonyl (C=O) groups excluding carboxylic acids is 6. The van der Waals surface area contributed by atoms with Gasteiger partial charge in [0.15, 0.2) is 0 Å². The fourth-order valence-electron chi connectivity index (χ4n) is 13.9. The number of benzene rings is 9. The molecule has 20 heteroatoms. The van der Waals surface area contributed by atoms with Crippen molar-refractivity contribution in [2.75, 3.05) is 0 Å². The number of alkyl halides is 6. The minimum Gasteiger partial charge on any atom is -0.457 e. The molecule has 11 rings (SSSR count). The van der Waals surface area contributed by atoms with Gasteiger partial charge in [-0.15, -0.1) is 0 Å². The predicted molar refractivity (Wildman–Crippen MR) is 384 cm³/mol. The maximum absolute atomic E-state index is 16.3. The van der Waals surface area contributed by atoms with E-state index in [1.807, 2.05) is 107 Å². The first-order valence-corrected chi connectivity index (χ1v) is 34.4. The molecular weight excluding hydrogens is 1310 g/mol. The zero-order valence-corrected chi connectivity index (χ0v) is 61.1. The van der Waals surface area contributed by atoms with Crippen molar-refractivity contribution in [1.82, 2.24) is 20.4 Å². The first-order chi connectivity index (χ1) is 47.3. The lowest BCUT2D eigenvalue weighted by Crippen LogP contribution is -2.60. The van der Waals surface area contributed by atoms with Gasteiger partial charge in [0, 0.05) is 54.2 Å². The zero-order chi connectivity index (χ0) is 75.0. The molecule has 0 bridgehead atoms. The Morgan fingerprint density at radius 1 is 0.333 bits per heavy atom. The number of hydrogen-bond acceptors (Lipinski definition) is 10. The number of aryl methyl sites for hydroxylation is 4. The normalized spacial score (nSPS) is 15.1. The molecule has 102 heavy (non-hydrogen) atoms. The van der Waals surface area contributed by atoms with Gasteiger partial charge in [0.25, 0.3) is 23.6 Å². The largest absolute Gasteiger partial charge is 0.457 e. The van der Waals surface area contributed by atoms with Gasteiger partial charge in [-0.25, -0.2) is 0 Å². The molecule has 14 nitrogen and oxygen atoms in total. The lowest BCUT2D eigenvalue weighted by Gasteiger charge is -2.39. The third-order valence-corrected chi connectivity index (χ3v) is 18.9. The van der Waals surface area contributed by atoms with Crippen LogP contribution in [0, 0.1) is 39.5 Å². The molecule has 0 spiro atoms. The van der Waals surface area contributed by atoms with Crippen LogP contribution in [0.2, 0.25) is 0 Å². The highest BCUT2D eigenvalue weighted by Crippen LogP contribution is 2.59. The first kappa shape index (κ1) is 73.5. The van der Waals surface area contributed by atoms with Crippen LogP contribution in [0.5, 0.6) is 46.0 Å². The second kappa shape index (κ2) is 26.3. The monoisotopic (exact) mass is 1400 g/mol. The molecule has 0 radical (unpaired) electrons. The minimum absolute atomic E-state index is 0.00173. The molecule has 536 valence electrons. The van der Waals surface area contributed by atoms with E-state index in [2.05, 4.69) is 10.6 Å². The van der Waals surface area contributed by atoms with Crippen molar-refractivity contribution in [3.05, 3.63) is 164 Å². The van der Waals surface area contributed by atoms with Gasteiger partial charge < -0.3 is 29.6 Å². The van der Waals surface area contributed by atoms with Gasteiger partial charge in [-0.2, -0.15) is 26.3 Å². The molecular formula is C82H86F6N4O10. The number of nitrogens with zero attached hydrogens (tertiary/aromatic N) is 2.